The summed E-state index contributed by atoms with van der Waals surface area (Å²) in [6, 6.07) is 16.2. The lowest BCUT2D eigenvalue weighted by molar-refractivity contribution is -0.109. The molecule has 0 saturated carbocycles. The van der Waals surface area contributed by atoms with Crippen LogP contribution in [-0.2, 0) is 4.79 Å². The molecule has 1 aliphatic rings. The lowest BCUT2D eigenvalue weighted by Crippen LogP contribution is -1.96. The van der Waals surface area contributed by atoms with Gasteiger partial charge in [0.15, 0.2) is 0 Å². The number of halogens is 1. The number of carbonyl (C=O) groups is 1. The maximum Gasteiger partial charge on any atom is 0.127 e. The molecule has 2 aromatic rings. The summed E-state index contributed by atoms with van der Waals surface area (Å²) in [4.78, 5) is 11.2. The summed E-state index contributed by atoms with van der Waals surface area (Å²) >= 11 is 6.02. The number of hydrogen-bond acceptors (Lipinski definition) is 1. The molecule has 0 spiro atoms. The zero-order valence-corrected chi connectivity index (χ0v) is 10.6. The summed E-state index contributed by atoms with van der Waals surface area (Å²) in [7, 11) is 0. The Morgan fingerprint density at radius 3 is 2.56 bits per heavy atom. The number of benzene rings is 2. The van der Waals surface area contributed by atoms with E-state index < -0.39 is 0 Å². The Balaban J connectivity index is 2.09. The van der Waals surface area contributed by atoms with Crippen molar-refractivity contribution >= 4 is 17.9 Å². The standard InChI is InChI=1S/C16H13ClO/c17-13-6-7-14-15(11-4-2-1-3-5-11)8-12(10-18)16(14)9-13/h1-7,9-10,12,15H,8H2/t12?,15-/m1/s1. The highest BCUT2D eigenvalue weighted by atomic mass is 35.5. The van der Waals surface area contributed by atoms with E-state index in [0.29, 0.717) is 10.9 Å². The van der Waals surface area contributed by atoms with Gasteiger partial charge in [-0.1, -0.05) is 48.0 Å². The van der Waals surface area contributed by atoms with Crippen LogP contribution in [-0.4, -0.2) is 6.29 Å². The Hall–Kier alpha value is -1.60. The van der Waals surface area contributed by atoms with E-state index in [-0.39, 0.29) is 5.92 Å². The van der Waals surface area contributed by atoms with Crippen LogP contribution < -0.4 is 0 Å². The first-order valence-electron chi connectivity index (χ1n) is 6.09. The first-order valence-corrected chi connectivity index (χ1v) is 6.47. The van der Waals surface area contributed by atoms with Crippen molar-refractivity contribution in [1.29, 1.82) is 0 Å². The van der Waals surface area contributed by atoms with Gasteiger partial charge in [0, 0.05) is 16.9 Å². The van der Waals surface area contributed by atoms with Crippen molar-refractivity contribution in [3.05, 3.63) is 70.2 Å². The molecule has 0 aliphatic heterocycles. The minimum absolute atomic E-state index is 0.0242. The molecule has 90 valence electrons. The van der Waals surface area contributed by atoms with Gasteiger partial charge in [0.05, 0.1) is 0 Å². The average molecular weight is 257 g/mol. The third kappa shape index (κ3) is 1.85. The van der Waals surface area contributed by atoms with E-state index >= 15 is 0 Å². The molecule has 0 heterocycles. The second kappa shape index (κ2) is 4.58. The summed E-state index contributed by atoms with van der Waals surface area (Å²) in [6.45, 7) is 0. The van der Waals surface area contributed by atoms with E-state index in [0.717, 1.165) is 18.3 Å². The lowest BCUT2D eigenvalue weighted by Gasteiger charge is -2.11. The highest BCUT2D eigenvalue weighted by Crippen LogP contribution is 2.45. The third-order valence-corrected chi connectivity index (χ3v) is 3.91. The Kier molecular flexibility index (Phi) is 2.92. The molecule has 1 unspecified atom stereocenters. The van der Waals surface area contributed by atoms with Gasteiger partial charge in [-0.05, 0) is 35.2 Å². The zero-order valence-electron chi connectivity index (χ0n) is 9.84. The quantitative estimate of drug-likeness (QED) is 0.738. The maximum absolute atomic E-state index is 11.2. The maximum atomic E-state index is 11.2. The summed E-state index contributed by atoms with van der Waals surface area (Å²) in [6.07, 6.45) is 1.89. The minimum Gasteiger partial charge on any atom is -0.303 e. The van der Waals surface area contributed by atoms with E-state index in [1.807, 2.05) is 30.3 Å². The third-order valence-electron chi connectivity index (χ3n) is 3.68. The molecule has 0 N–H and O–H groups in total. The molecule has 3 rings (SSSR count). The van der Waals surface area contributed by atoms with Crippen LogP contribution in [0.5, 0.6) is 0 Å². The Morgan fingerprint density at radius 1 is 1.06 bits per heavy atom. The van der Waals surface area contributed by atoms with Crippen molar-refractivity contribution in [3.8, 4) is 0 Å². The molecule has 0 fully saturated rings. The molecular weight excluding hydrogens is 244 g/mol. The Morgan fingerprint density at radius 2 is 1.83 bits per heavy atom. The van der Waals surface area contributed by atoms with Crippen LogP contribution in [0.3, 0.4) is 0 Å². The molecule has 2 aromatic carbocycles. The van der Waals surface area contributed by atoms with Gasteiger partial charge in [-0.25, -0.2) is 0 Å². The number of hydrogen-bond donors (Lipinski definition) is 0. The van der Waals surface area contributed by atoms with Crippen LogP contribution in [0.4, 0.5) is 0 Å². The summed E-state index contributed by atoms with van der Waals surface area (Å²) in [5.41, 5.74) is 3.60. The second-order valence-electron chi connectivity index (χ2n) is 4.71. The summed E-state index contributed by atoms with van der Waals surface area (Å²) < 4.78 is 0. The van der Waals surface area contributed by atoms with Gasteiger partial charge in [0.25, 0.3) is 0 Å². The summed E-state index contributed by atoms with van der Waals surface area (Å²) in [5.74, 6) is 0.289. The average Bonchev–Trinajstić information content (AvgIpc) is 2.77. The number of fused-ring (bicyclic) bond motifs is 1. The van der Waals surface area contributed by atoms with Gasteiger partial charge < -0.3 is 4.79 Å². The molecule has 2 heteroatoms. The normalized spacial score (nSPS) is 21.6. The second-order valence-corrected chi connectivity index (χ2v) is 5.15. The van der Waals surface area contributed by atoms with Crippen molar-refractivity contribution in [2.24, 2.45) is 0 Å². The molecular formula is C16H13ClO. The molecule has 1 nitrogen and oxygen atoms in total. The van der Waals surface area contributed by atoms with Crippen molar-refractivity contribution in [2.45, 2.75) is 18.3 Å². The van der Waals surface area contributed by atoms with Crippen molar-refractivity contribution in [3.63, 3.8) is 0 Å². The van der Waals surface area contributed by atoms with Crippen molar-refractivity contribution < 1.29 is 4.79 Å². The molecule has 0 radical (unpaired) electrons. The Labute approximate surface area is 111 Å². The van der Waals surface area contributed by atoms with Crippen LogP contribution in [0.25, 0.3) is 0 Å². The van der Waals surface area contributed by atoms with Crippen LogP contribution in [0.1, 0.15) is 34.9 Å². The van der Waals surface area contributed by atoms with Gasteiger partial charge in [0.2, 0.25) is 0 Å². The largest absolute Gasteiger partial charge is 0.303 e. The zero-order chi connectivity index (χ0) is 12.5. The number of rotatable bonds is 2. The molecule has 18 heavy (non-hydrogen) atoms. The van der Waals surface area contributed by atoms with Gasteiger partial charge >= 0.3 is 0 Å². The monoisotopic (exact) mass is 256 g/mol. The fraction of sp³-hybridized carbons (Fsp3) is 0.188. The first kappa shape index (κ1) is 11.5. The van der Waals surface area contributed by atoms with Crippen LogP contribution in [0.2, 0.25) is 5.02 Å². The van der Waals surface area contributed by atoms with Crippen LogP contribution in [0.15, 0.2) is 48.5 Å². The van der Waals surface area contributed by atoms with Gasteiger partial charge in [-0.3, -0.25) is 0 Å². The highest BCUT2D eigenvalue weighted by Gasteiger charge is 2.31. The fourth-order valence-electron chi connectivity index (χ4n) is 2.82. The number of carbonyl (C=O) groups excluding carboxylic acids is 1. The fourth-order valence-corrected chi connectivity index (χ4v) is 3.00. The van der Waals surface area contributed by atoms with E-state index in [4.69, 9.17) is 11.6 Å². The molecule has 1 aliphatic carbocycles. The van der Waals surface area contributed by atoms with Gasteiger partial charge in [-0.2, -0.15) is 0 Å². The topological polar surface area (TPSA) is 17.1 Å². The van der Waals surface area contributed by atoms with E-state index in [9.17, 15) is 4.79 Å². The molecule has 2 atom stereocenters. The number of aldehydes is 1. The van der Waals surface area contributed by atoms with E-state index in [1.165, 1.54) is 11.1 Å². The van der Waals surface area contributed by atoms with Crippen molar-refractivity contribution in [2.75, 3.05) is 0 Å². The minimum atomic E-state index is -0.0242. The van der Waals surface area contributed by atoms with Crippen LogP contribution in [0, 0.1) is 0 Å². The molecule has 0 aromatic heterocycles. The van der Waals surface area contributed by atoms with Crippen LogP contribution >= 0.6 is 11.6 Å². The highest BCUT2D eigenvalue weighted by molar-refractivity contribution is 6.30. The van der Waals surface area contributed by atoms with Crippen molar-refractivity contribution in [1.82, 2.24) is 0 Å². The smallest absolute Gasteiger partial charge is 0.127 e. The predicted molar refractivity (Wildman–Crippen MR) is 73.2 cm³/mol. The lowest BCUT2D eigenvalue weighted by atomic mass is 9.93. The summed E-state index contributed by atoms with van der Waals surface area (Å²) in [5, 5.41) is 0.703. The van der Waals surface area contributed by atoms with E-state index in [1.54, 1.807) is 0 Å². The first-order chi connectivity index (χ1) is 8.79. The van der Waals surface area contributed by atoms with Gasteiger partial charge in [0.1, 0.15) is 6.29 Å². The predicted octanol–water partition coefficient (Wildman–Crippen LogP) is 4.16. The molecule has 0 saturated heterocycles. The Bertz CT molecular complexity index is 577. The molecule has 0 amide bonds. The molecule has 0 bridgehead atoms. The SMILES string of the molecule is O=CC1C[C@H](c2ccccc2)c2ccc(Cl)cc21. The van der Waals surface area contributed by atoms with Gasteiger partial charge in [-0.15, -0.1) is 0 Å². The van der Waals surface area contributed by atoms with E-state index in [2.05, 4.69) is 18.2 Å².